The van der Waals surface area contributed by atoms with E-state index in [1.165, 1.54) is 12.1 Å². The van der Waals surface area contributed by atoms with Gasteiger partial charge in [-0.25, -0.2) is 0 Å². The van der Waals surface area contributed by atoms with Gasteiger partial charge in [0.1, 0.15) is 0 Å². The van der Waals surface area contributed by atoms with E-state index in [2.05, 4.69) is 0 Å². The number of non-ortho nitro benzene ring substituents is 1. The van der Waals surface area contributed by atoms with Crippen LogP contribution in [0.2, 0.25) is 0 Å². The molecule has 1 rings (SSSR count). The first-order valence-corrected chi connectivity index (χ1v) is 5.46. The van der Waals surface area contributed by atoms with Crippen molar-refractivity contribution in [3.63, 3.8) is 0 Å². The largest absolute Gasteiger partial charge is 0.393 e. The molecule has 0 fully saturated rings. The van der Waals surface area contributed by atoms with E-state index in [-0.39, 0.29) is 17.7 Å². The van der Waals surface area contributed by atoms with Crippen molar-refractivity contribution in [3.05, 3.63) is 39.9 Å². The van der Waals surface area contributed by atoms with E-state index in [0.29, 0.717) is 0 Å². The first-order valence-electron chi connectivity index (χ1n) is 5.46. The molecule has 0 aliphatic carbocycles. The minimum atomic E-state index is -0.407. The van der Waals surface area contributed by atoms with E-state index in [0.717, 1.165) is 18.4 Å². The summed E-state index contributed by atoms with van der Waals surface area (Å²) in [6.07, 6.45) is 1.31. The predicted octanol–water partition coefficient (Wildman–Crippen LogP) is 2.54. The van der Waals surface area contributed by atoms with Crippen molar-refractivity contribution in [2.75, 3.05) is 0 Å². The van der Waals surface area contributed by atoms with Crippen LogP contribution in [0.1, 0.15) is 25.8 Å². The maximum atomic E-state index is 10.5. The zero-order valence-electron chi connectivity index (χ0n) is 9.59. The lowest BCUT2D eigenvalue weighted by atomic mass is 9.92. The average molecular weight is 223 g/mol. The van der Waals surface area contributed by atoms with E-state index < -0.39 is 4.92 Å². The fourth-order valence-electron chi connectivity index (χ4n) is 1.71. The van der Waals surface area contributed by atoms with E-state index in [4.69, 9.17) is 0 Å². The summed E-state index contributed by atoms with van der Waals surface area (Å²) in [5.41, 5.74) is 1.13. The standard InChI is InChI=1S/C12H17NO3/c1-3-11(9(2)14)8-10-4-6-12(7-5-10)13(15)16/h4-7,9,11,14H,3,8H2,1-2H3. The van der Waals surface area contributed by atoms with Gasteiger partial charge in [0.25, 0.3) is 5.69 Å². The van der Waals surface area contributed by atoms with Gasteiger partial charge in [-0.05, 0) is 24.8 Å². The lowest BCUT2D eigenvalue weighted by molar-refractivity contribution is -0.384. The molecule has 1 aromatic rings. The fraction of sp³-hybridized carbons (Fsp3) is 0.500. The predicted molar refractivity (Wildman–Crippen MR) is 62.3 cm³/mol. The first kappa shape index (κ1) is 12.6. The Balaban J connectivity index is 2.71. The molecule has 0 aliphatic heterocycles. The van der Waals surface area contributed by atoms with Crippen molar-refractivity contribution < 1.29 is 10.0 Å². The van der Waals surface area contributed by atoms with Gasteiger partial charge in [0.2, 0.25) is 0 Å². The summed E-state index contributed by atoms with van der Waals surface area (Å²) in [5.74, 6) is 0.210. The Labute approximate surface area is 95.1 Å². The molecule has 4 heteroatoms. The molecule has 0 saturated heterocycles. The van der Waals surface area contributed by atoms with Crippen molar-refractivity contribution in [2.24, 2.45) is 5.92 Å². The number of benzene rings is 1. The number of nitrogens with zero attached hydrogens (tertiary/aromatic N) is 1. The van der Waals surface area contributed by atoms with Gasteiger partial charge >= 0.3 is 0 Å². The van der Waals surface area contributed by atoms with Gasteiger partial charge in [-0.3, -0.25) is 10.1 Å². The third-order valence-corrected chi connectivity index (χ3v) is 2.85. The van der Waals surface area contributed by atoms with Crippen LogP contribution in [0.4, 0.5) is 5.69 Å². The molecule has 2 atom stereocenters. The van der Waals surface area contributed by atoms with E-state index in [1.54, 1.807) is 19.1 Å². The highest BCUT2D eigenvalue weighted by molar-refractivity contribution is 5.33. The summed E-state index contributed by atoms with van der Waals surface area (Å²) in [4.78, 5) is 10.1. The Morgan fingerprint density at radius 1 is 1.38 bits per heavy atom. The van der Waals surface area contributed by atoms with Gasteiger partial charge in [0.15, 0.2) is 0 Å². The maximum absolute atomic E-state index is 10.5. The van der Waals surface area contributed by atoms with Crippen molar-refractivity contribution in [2.45, 2.75) is 32.8 Å². The summed E-state index contributed by atoms with van der Waals surface area (Å²) in [6, 6.07) is 6.51. The zero-order chi connectivity index (χ0) is 12.1. The number of hydrogen-bond donors (Lipinski definition) is 1. The van der Waals surface area contributed by atoms with Crippen molar-refractivity contribution in [1.29, 1.82) is 0 Å². The molecule has 0 bridgehead atoms. The van der Waals surface area contributed by atoms with Gasteiger partial charge in [0, 0.05) is 12.1 Å². The Morgan fingerprint density at radius 2 is 1.94 bits per heavy atom. The Hall–Kier alpha value is -1.42. The Morgan fingerprint density at radius 3 is 2.31 bits per heavy atom. The van der Waals surface area contributed by atoms with Gasteiger partial charge in [-0.2, -0.15) is 0 Å². The second-order valence-electron chi connectivity index (χ2n) is 4.04. The fourth-order valence-corrected chi connectivity index (χ4v) is 1.71. The second-order valence-corrected chi connectivity index (χ2v) is 4.04. The molecule has 0 aromatic heterocycles. The number of rotatable bonds is 5. The zero-order valence-corrected chi connectivity index (χ0v) is 9.59. The van der Waals surface area contributed by atoms with Crippen molar-refractivity contribution in [1.82, 2.24) is 0 Å². The topological polar surface area (TPSA) is 63.4 Å². The molecular weight excluding hydrogens is 206 g/mol. The summed E-state index contributed by atoms with van der Waals surface area (Å²) in [7, 11) is 0. The third-order valence-electron chi connectivity index (χ3n) is 2.85. The van der Waals surface area contributed by atoms with E-state index in [9.17, 15) is 15.2 Å². The van der Waals surface area contributed by atoms with Gasteiger partial charge < -0.3 is 5.11 Å². The van der Waals surface area contributed by atoms with Crippen molar-refractivity contribution >= 4 is 5.69 Å². The van der Waals surface area contributed by atoms with Crippen LogP contribution in [-0.2, 0) is 6.42 Å². The van der Waals surface area contributed by atoms with Crippen LogP contribution >= 0.6 is 0 Å². The molecule has 0 spiro atoms. The Bertz CT molecular complexity index is 346. The summed E-state index contributed by atoms with van der Waals surface area (Å²) >= 11 is 0. The van der Waals surface area contributed by atoms with Crippen LogP contribution in [-0.4, -0.2) is 16.1 Å². The van der Waals surface area contributed by atoms with E-state index in [1.807, 2.05) is 6.92 Å². The maximum Gasteiger partial charge on any atom is 0.269 e. The normalized spacial score (nSPS) is 14.4. The monoisotopic (exact) mass is 223 g/mol. The van der Waals surface area contributed by atoms with E-state index >= 15 is 0 Å². The average Bonchev–Trinajstić information content (AvgIpc) is 2.26. The molecule has 0 saturated carbocycles. The molecule has 0 radical (unpaired) electrons. The van der Waals surface area contributed by atoms with Crippen LogP contribution in [0.5, 0.6) is 0 Å². The minimum Gasteiger partial charge on any atom is -0.393 e. The van der Waals surface area contributed by atoms with Gasteiger partial charge in [-0.1, -0.05) is 25.5 Å². The lowest BCUT2D eigenvalue weighted by Crippen LogP contribution is -2.18. The van der Waals surface area contributed by atoms with Crippen molar-refractivity contribution in [3.8, 4) is 0 Å². The number of aliphatic hydroxyl groups is 1. The minimum absolute atomic E-state index is 0.105. The summed E-state index contributed by atoms with van der Waals surface area (Å²) in [6.45, 7) is 3.81. The number of nitro benzene ring substituents is 1. The Kier molecular flexibility index (Phi) is 4.43. The highest BCUT2D eigenvalue weighted by Gasteiger charge is 2.14. The molecule has 1 N–H and O–H groups in total. The molecule has 88 valence electrons. The molecule has 2 unspecified atom stereocenters. The molecule has 0 heterocycles. The van der Waals surface area contributed by atoms with Gasteiger partial charge in [0.05, 0.1) is 11.0 Å². The number of nitro groups is 1. The van der Waals surface area contributed by atoms with Crippen LogP contribution in [0, 0.1) is 16.0 Å². The summed E-state index contributed by atoms with van der Waals surface area (Å²) < 4.78 is 0. The highest BCUT2D eigenvalue weighted by Crippen LogP contribution is 2.18. The second kappa shape index (κ2) is 5.61. The summed E-state index contributed by atoms with van der Waals surface area (Å²) in [5, 5.41) is 20.0. The van der Waals surface area contributed by atoms with Crippen LogP contribution in [0.15, 0.2) is 24.3 Å². The molecule has 1 aromatic carbocycles. The van der Waals surface area contributed by atoms with Gasteiger partial charge in [-0.15, -0.1) is 0 Å². The SMILES string of the molecule is CCC(Cc1ccc([N+](=O)[O-])cc1)C(C)O. The number of aliphatic hydroxyl groups excluding tert-OH is 1. The first-order chi connectivity index (χ1) is 7.54. The lowest BCUT2D eigenvalue weighted by Gasteiger charge is -2.17. The van der Waals surface area contributed by atoms with Crippen LogP contribution in [0.25, 0.3) is 0 Å². The molecular formula is C12H17NO3. The quantitative estimate of drug-likeness (QED) is 0.616. The number of hydrogen-bond acceptors (Lipinski definition) is 3. The highest BCUT2D eigenvalue weighted by atomic mass is 16.6. The molecule has 0 amide bonds. The molecule has 0 aliphatic rings. The van der Waals surface area contributed by atoms with Crippen LogP contribution < -0.4 is 0 Å². The van der Waals surface area contributed by atoms with Crippen LogP contribution in [0.3, 0.4) is 0 Å². The third kappa shape index (κ3) is 3.31. The molecule has 4 nitrogen and oxygen atoms in total. The molecule has 16 heavy (non-hydrogen) atoms. The smallest absolute Gasteiger partial charge is 0.269 e.